The number of aryl methyl sites for hydroxylation is 3. The highest BCUT2D eigenvalue weighted by molar-refractivity contribution is 7.99. The van der Waals surface area contributed by atoms with Crippen LogP contribution in [0.3, 0.4) is 0 Å². The van der Waals surface area contributed by atoms with Crippen LogP contribution in [0.5, 0.6) is 5.75 Å². The van der Waals surface area contributed by atoms with Gasteiger partial charge in [-0.15, -0.1) is 11.8 Å². The van der Waals surface area contributed by atoms with E-state index in [4.69, 9.17) is 10.5 Å². The molecule has 0 saturated heterocycles. The third kappa shape index (κ3) is 2.80. The van der Waals surface area contributed by atoms with Gasteiger partial charge in [-0.3, -0.25) is 4.68 Å². The molecule has 21 heavy (non-hydrogen) atoms. The smallest absolute Gasteiger partial charge is 0.119 e. The molecule has 3 rings (SSSR count). The summed E-state index contributed by atoms with van der Waals surface area (Å²) in [5.41, 5.74) is 10.1. The number of hydrogen-bond acceptors (Lipinski definition) is 4. The van der Waals surface area contributed by atoms with Crippen molar-refractivity contribution >= 4 is 11.8 Å². The van der Waals surface area contributed by atoms with Gasteiger partial charge < -0.3 is 10.5 Å². The van der Waals surface area contributed by atoms with Gasteiger partial charge in [-0.1, -0.05) is 6.07 Å². The van der Waals surface area contributed by atoms with Crippen LogP contribution in [0.2, 0.25) is 0 Å². The highest BCUT2D eigenvalue weighted by atomic mass is 32.2. The van der Waals surface area contributed by atoms with Crippen LogP contribution in [0.1, 0.15) is 29.3 Å². The molecule has 2 unspecified atom stereocenters. The molecule has 1 aliphatic carbocycles. The molecule has 0 amide bonds. The van der Waals surface area contributed by atoms with Gasteiger partial charge in [0.05, 0.1) is 17.8 Å². The van der Waals surface area contributed by atoms with Crippen molar-refractivity contribution in [2.75, 3.05) is 7.11 Å². The van der Waals surface area contributed by atoms with E-state index in [0.29, 0.717) is 5.25 Å². The number of nitrogens with zero attached hydrogens (tertiary/aromatic N) is 2. The number of nitrogens with two attached hydrogens (primary N) is 1. The molecular weight excluding hydrogens is 282 g/mol. The van der Waals surface area contributed by atoms with E-state index >= 15 is 0 Å². The molecule has 1 aliphatic rings. The second-order valence-electron chi connectivity index (χ2n) is 5.53. The number of ether oxygens (including phenoxy) is 1. The van der Waals surface area contributed by atoms with Crippen molar-refractivity contribution in [3.05, 3.63) is 41.1 Å². The fraction of sp³-hybridized carbons (Fsp3) is 0.438. The summed E-state index contributed by atoms with van der Waals surface area (Å²) in [5, 5.41) is 5.96. The topological polar surface area (TPSA) is 53.1 Å². The fourth-order valence-corrected chi connectivity index (χ4v) is 4.17. The van der Waals surface area contributed by atoms with E-state index in [1.165, 1.54) is 16.2 Å². The Bertz CT molecular complexity index is 653. The van der Waals surface area contributed by atoms with E-state index in [1.54, 1.807) is 7.11 Å². The number of benzene rings is 1. The molecule has 0 saturated carbocycles. The predicted octanol–water partition coefficient (Wildman–Crippen LogP) is 2.84. The highest BCUT2D eigenvalue weighted by Gasteiger charge is 2.28. The molecule has 1 aromatic carbocycles. The Morgan fingerprint density at radius 3 is 2.86 bits per heavy atom. The van der Waals surface area contributed by atoms with E-state index in [9.17, 15) is 0 Å². The Hall–Kier alpha value is -1.46. The molecule has 5 heteroatoms. The largest absolute Gasteiger partial charge is 0.497 e. The van der Waals surface area contributed by atoms with Gasteiger partial charge in [0.1, 0.15) is 5.75 Å². The summed E-state index contributed by atoms with van der Waals surface area (Å²) < 4.78 is 7.27. The SMILES string of the molecule is COc1ccc2c(c1)C(N)C(Sc1cc(C)nn1C)CC2. The van der Waals surface area contributed by atoms with Gasteiger partial charge in [0, 0.05) is 18.3 Å². The maximum Gasteiger partial charge on any atom is 0.119 e. The van der Waals surface area contributed by atoms with E-state index < -0.39 is 0 Å². The van der Waals surface area contributed by atoms with Gasteiger partial charge in [-0.2, -0.15) is 5.10 Å². The van der Waals surface area contributed by atoms with Crippen molar-refractivity contribution in [1.82, 2.24) is 9.78 Å². The van der Waals surface area contributed by atoms with Gasteiger partial charge in [0.15, 0.2) is 0 Å². The fourth-order valence-electron chi connectivity index (χ4n) is 2.90. The molecule has 2 N–H and O–H groups in total. The first-order valence-electron chi connectivity index (χ1n) is 7.18. The molecule has 2 atom stereocenters. The zero-order chi connectivity index (χ0) is 15.0. The molecule has 0 fully saturated rings. The summed E-state index contributed by atoms with van der Waals surface area (Å²) in [5.74, 6) is 0.881. The minimum absolute atomic E-state index is 0.0315. The number of hydrogen-bond donors (Lipinski definition) is 1. The third-order valence-corrected chi connectivity index (χ3v) is 5.50. The van der Waals surface area contributed by atoms with Crippen LogP contribution in [-0.2, 0) is 13.5 Å². The molecule has 1 aromatic heterocycles. The monoisotopic (exact) mass is 303 g/mol. The van der Waals surface area contributed by atoms with Crippen LogP contribution in [0, 0.1) is 6.92 Å². The van der Waals surface area contributed by atoms with Gasteiger partial charge in [0.25, 0.3) is 0 Å². The summed E-state index contributed by atoms with van der Waals surface area (Å²) >= 11 is 1.83. The summed E-state index contributed by atoms with van der Waals surface area (Å²) in [6, 6.07) is 8.40. The molecule has 1 heterocycles. The summed E-state index contributed by atoms with van der Waals surface area (Å²) in [6.45, 7) is 2.02. The molecule has 2 aromatic rings. The number of rotatable bonds is 3. The Morgan fingerprint density at radius 2 is 2.19 bits per heavy atom. The standard InChI is InChI=1S/C16H21N3OS/c1-10-8-15(19(2)18-10)21-14-7-5-11-4-6-12(20-3)9-13(11)16(14)17/h4,6,8-9,14,16H,5,7,17H2,1-3H3. The van der Waals surface area contributed by atoms with Crippen LogP contribution in [0.25, 0.3) is 0 Å². The molecule has 0 bridgehead atoms. The van der Waals surface area contributed by atoms with Crippen molar-refractivity contribution in [1.29, 1.82) is 0 Å². The van der Waals surface area contributed by atoms with Crippen LogP contribution >= 0.6 is 11.8 Å². The maximum atomic E-state index is 6.51. The Morgan fingerprint density at radius 1 is 1.38 bits per heavy atom. The molecule has 0 spiro atoms. The van der Waals surface area contributed by atoms with E-state index in [2.05, 4.69) is 23.3 Å². The van der Waals surface area contributed by atoms with Crippen molar-refractivity contribution in [3.63, 3.8) is 0 Å². The molecule has 112 valence electrons. The van der Waals surface area contributed by atoms with Crippen LogP contribution in [0.4, 0.5) is 0 Å². The number of aromatic nitrogens is 2. The Labute approximate surface area is 129 Å². The first-order valence-corrected chi connectivity index (χ1v) is 8.06. The molecule has 4 nitrogen and oxygen atoms in total. The quantitative estimate of drug-likeness (QED) is 0.947. The lowest BCUT2D eigenvalue weighted by molar-refractivity contribution is 0.412. The van der Waals surface area contributed by atoms with Crippen molar-refractivity contribution in [3.8, 4) is 5.75 Å². The Balaban J connectivity index is 1.84. The number of methoxy groups -OCH3 is 1. The highest BCUT2D eigenvalue weighted by Crippen LogP contribution is 2.39. The molecule has 0 aliphatic heterocycles. The van der Waals surface area contributed by atoms with Gasteiger partial charge >= 0.3 is 0 Å². The van der Waals surface area contributed by atoms with Gasteiger partial charge in [-0.05, 0) is 49.1 Å². The van der Waals surface area contributed by atoms with Crippen LogP contribution in [-0.4, -0.2) is 22.1 Å². The number of fused-ring (bicyclic) bond motifs is 1. The second-order valence-corrected chi connectivity index (χ2v) is 6.79. The first-order chi connectivity index (χ1) is 10.1. The first kappa shape index (κ1) is 14.5. The average molecular weight is 303 g/mol. The molecule has 0 radical (unpaired) electrons. The lowest BCUT2D eigenvalue weighted by atomic mass is 9.87. The average Bonchev–Trinajstić information content (AvgIpc) is 2.79. The molecular formula is C16H21N3OS. The second kappa shape index (κ2) is 5.73. The minimum Gasteiger partial charge on any atom is -0.497 e. The lowest BCUT2D eigenvalue weighted by Gasteiger charge is -2.30. The minimum atomic E-state index is 0.0315. The van der Waals surface area contributed by atoms with E-state index in [1.807, 2.05) is 36.5 Å². The summed E-state index contributed by atoms with van der Waals surface area (Å²) in [7, 11) is 3.68. The maximum absolute atomic E-state index is 6.51. The third-order valence-electron chi connectivity index (χ3n) is 4.04. The predicted molar refractivity (Wildman–Crippen MR) is 85.8 cm³/mol. The van der Waals surface area contributed by atoms with Gasteiger partial charge in [0.2, 0.25) is 0 Å². The van der Waals surface area contributed by atoms with Crippen molar-refractivity contribution in [2.45, 2.75) is 36.1 Å². The lowest BCUT2D eigenvalue weighted by Crippen LogP contribution is -2.29. The van der Waals surface area contributed by atoms with Gasteiger partial charge in [-0.25, -0.2) is 0 Å². The van der Waals surface area contributed by atoms with Crippen LogP contribution < -0.4 is 10.5 Å². The summed E-state index contributed by atoms with van der Waals surface area (Å²) in [4.78, 5) is 0. The summed E-state index contributed by atoms with van der Waals surface area (Å²) in [6.07, 6.45) is 2.16. The zero-order valence-electron chi connectivity index (χ0n) is 12.7. The van der Waals surface area contributed by atoms with E-state index in [-0.39, 0.29) is 6.04 Å². The Kier molecular flexibility index (Phi) is 3.95. The normalized spacial score (nSPS) is 21.1. The van der Waals surface area contributed by atoms with Crippen molar-refractivity contribution in [2.24, 2.45) is 12.8 Å². The van der Waals surface area contributed by atoms with Crippen molar-refractivity contribution < 1.29 is 4.74 Å². The number of thioether (sulfide) groups is 1. The van der Waals surface area contributed by atoms with E-state index in [0.717, 1.165) is 24.3 Å². The van der Waals surface area contributed by atoms with Crippen LogP contribution in [0.15, 0.2) is 29.3 Å². The zero-order valence-corrected chi connectivity index (χ0v) is 13.5.